The van der Waals surface area contributed by atoms with Gasteiger partial charge < -0.3 is 10.2 Å². The second-order valence-electron chi connectivity index (χ2n) is 8.57. The molecule has 0 radical (unpaired) electrons. The van der Waals surface area contributed by atoms with Crippen LogP contribution < -0.4 is 5.32 Å². The molecule has 1 aliphatic heterocycles. The topological polar surface area (TPSA) is 32.3 Å². The molecule has 3 aliphatic carbocycles. The minimum absolute atomic E-state index is 0.366. The Hall–Kier alpha value is -0.870. The van der Waals surface area contributed by atoms with Crippen molar-refractivity contribution >= 4 is 17.2 Å². The normalized spacial score (nSPS) is 36.2. The zero-order valence-electron chi connectivity index (χ0n) is 14.4. The van der Waals surface area contributed by atoms with E-state index in [4.69, 9.17) is 0 Å². The molecule has 130 valence electrons. The fraction of sp³-hybridized carbons (Fsp3) is 0.750. The van der Waals surface area contributed by atoms with Crippen LogP contribution >= 0.6 is 11.3 Å². The molecule has 1 amide bonds. The molecule has 1 N–H and O–H groups in total. The minimum atomic E-state index is 0.366. The SMILES string of the molecule is O=C(C1C2CCCCC21)N(Cc1ccsc1)C1CC12CCNCC2. The number of piperidine rings is 1. The number of nitrogens with zero attached hydrogens (tertiary/aromatic N) is 1. The van der Waals surface area contributed by atoms with Crippen molar-refractivity contribution in [3.63, 3.8) is 0 Å². The minimum Gasteiger partial charge on any atom is -0.335 e. The lowest BCUT2D eigenvalue weighted by Crippen LogP contribution is -2.40. The van der Waals surface area contributed by atoms with Crippen LogP contribution in [0.3, 0.4) is 0 Å². The predicted octanol–water partition coefficient (Wildman–Crippen LogP) is 3.66. The molecule has 1 aromatic heterocycles. The van der Waals surface area contributed by atoms with Crippen molar-refractivity contribution in [3.05, 3.63) is 22.4 Å². The van der Waals surface area contributed by atoms with Gasteiger partial charge >= 0.3 is 0 Å². The smallest absolute Gasteiger partial charge is 0.226 e. The molecule has 0 aromatic carbocycles. The standard InChI is InChI=1S/C20H28N2OS/c23-19(18-15-3-1-2-4-16(15)18)22(12-14-5-10-24-13-14)17-11-20(17)6-8-21-9-7-20/h5,10,13,15-18,21H,1-4,6-9,11-12H2. The van der Waals surface area contributed by atoms with E-state index in [1.807, 2.05) is 0 Å². The van der Waals surface area contributed by atoms with Gasteiger partial charge in [0.15, 0.2) is 0 Å². The number of amides is 1. The van der Waals surface area contributed by atoms with Crippen LogP contribution in [0.4, 0.5) is 0 Å². The Balaban J connectivity index is 1.35. The molecule has 3 unspecified atom stereocenters. The highest BCUT2D eigenvalue weighted by atomic mass is 32.1. The van der Waals surface area contributed by atoms with E-state index in [0.29, 0.717) is 23.3 Å². The van der Waals surface area contributed by atoms with Crippen LogP contribution in [0.2, 0.25) is 0 Å². The molecule has 4 fully saturated rings. The van der Waals surface area contributed by atoms with Crippen molar-refractivity contribution in [3.8, 4) is 0 Å². The molecule has 24 heavy (non-hydrogen) atoms. The summed E-state index contributed by atoms with van der Waals surface area (Å²) in [6.45, 7) is 3.11. The largest absolute Gasteiger partial charge is 0.335 e. The lowest BCUT2D eigenvalue weighted by molar-refractivity contribution is -0.135. The van der Waals surface area contributed by atoms with Gasteiger partial charge in [0.05, 0.1) is 0 Å². The number of nitrogens with one attached hydrogen (secondary N) is 1. The molecule has 5 rings (SSSR count). The molecule has 1 spiro atoms. The Kier molecular flexibility index (Phi) is 3.75. The van der Waals surface area contributed by atoms with E-state index in [0.717, 1.165) is 31.5 Å². The van der Waals surface area contributed by atoms with Gasteiger partial charge in [-0.2, -0.15) is 11.3 Å². The van der Waals surface area contributed by atoms with Crippen molar-refractivity contribution in [2.24, 2.45) is 23.2 Å². The second-order valence-corrected chi connectivity index (χ2v) is 9.35. The number of hydrogen-bond donors (Lipinski definition) is 1. The zero-order chi connectivity index (χ0) is 16.1. The van der Waals surface area contributed by atoms with Crippen molar-refractivity contribution in [2.45, 2.75) is 57.5 Å². The van der Waals surface area contributed by atoms with Crippen LogP contribution in [-0.2, 0) is 11.3 Å². The number of hydrogen-bond acceptors (Lipinski definition) is 3. The van der Waals surface area contributed by atoms with Gasteiger partial charge in [0.25, 0.3) is 0 Å². The molecular weight excluding hydrogens is 316 g/mol. The van der Waals surface area contributed by atoms with Gasteiger partial charge in [0.2, 0.25) is 5.91 Å². The summed E-state index contributed by atoms with van der Waals surface area (Å²) in [5.74, 6) is 2.31. The van der Waals surface area contributed by atoms with E-state index in [-0.39, 0.29) is 0 Å². The third-order valence-corrected chi connectivity index (χ3v) is 8.01. The second kappa shape index (κ2) is 5.84. The maximum absolute atomic E-state index is 13.4. The number of carbonyl (C=O) groups excluding carboxylic acids is 1. The number of carbonyl (C=O) groups is 1. The first kappa shape index (κ1) is 15.4. The summed E-state index contributed by atoms with van der Waals surface area (Å²) >= 11 is 1.75. The average Bonchev–Trinajstić information content (AvgIpc) is 3.44. The molecular formula is C20H28N2OS. The van der Waals surface area contributed by atoms with E-state index in [1.165, 1.54) is 50.5 Å². The third kappa shape index (κ3) is 2.53. The van der Waals surface area contributed by atoms with Crippen LogP contribution in [0.15, 0.2) is 16.8 Å². The van der Waals surface area contributed by atoms with E-state index >= 15 is 0 Å². The maximum atomic E-state index is 13.4. The van der Waals surface area contributed by atoms with Gasteiger partial charge in [0, 0.05) is 18.5 Å². The summed E-state index contributed by atoms with van der Waals surface area (Å²) in [4.78, 5) is 15.7. The number of rotatable bonds is 4. The Morgan fingerprint density at radius 3 is 2.67 bits per heavy atom. The highest BCUT2D eigenvalue weighted by Gasteiger charge is 2.62. The van der Waals surface area contributed by atoms with Gasteiger partial charge in [0.1, 0.15) is 0 Å². The molecule has 4 aliphatic rings. The first-order valence-electron chi connectivity index (χ1n) is 9.81. The first-order chi connectivity index (χ1) is 11.8. The van der Waals surface area contributed by atoms with Crippen molar-refractivity contribution in [2.75, 3.05) is 13.1 Å². The van der Waals surface area contributed by atoms with Gasteiger partial charge in [-0.05, 0) is 84.8 Å². The lowest BCUT2D eigenvalue weighted by atomic mass is 9.93. The predicted molar refractivity (Wildman–Crippen MR) is 96.7 cm³/mol. The third-order valence-electron chi connectivity index (χ3n) is 7.28. The van der Waals surface area contributed by atoms with E-state index in [2.05, 4.69) is 27.0 Å². The summed E-state index contributed by atoms with van der Waals surface area (Å²) in [6, 6.07) is 2.71. The molecule has 3 atom stereocenters. The quantitative estimate of drug-likeness (QED) is 0.904. The maximum Gasteiger partial charge on any atom is 0.226 e. The van der Waals surface area contributed by atoms with Gasteiger partial charge in [-0.1, -0.05) is 12.8 Å². The fourth-order valence-electron chi connectivity index (χ4n) is 5.70. The Morgan fingerprint density at radius 1 is 1.25 bits per heavy atom. The fourth-order valence-corrected chi connectivity index (χ4v) is 6.36. The Morgan fingerprint density at radius 2 is 2.00 bits per heavy atom. The average molecular weight is 345 g/mol. The van der Waals surface area contributed by atoms with Crippen molar-refractivity contribution in [1.82, 2.24) is 10.2 Å². The van der Waals surface area contributed by atoms with Crippen LogP contribution in [0.5, 0.6) is 0 Å². The zero-order valence-corrected chi connectivity index (χ0v) is 15.2. The highest BCUT2D eigenvalue weighted by molar-refractivity contribution is 7.07. The van der Waals surface area contributed by atoms with Gasteiger partial charge in [-0.15, -0.1) is 0 Å². The van der Waals surface area contributed by atoms with Gasteiger partial charge in [-0.3, -0.25) is 4.79 Å². The van der Waals surface area contributed by atoms with Crippen LogP contribution in [0.1, 0.15) is 50.5 Å². The molecule has 2 heterocycles. The van der Waals surface area contributed by atoms with Crippen molar-refractivity contribution < 1.29 is 4.79 Å². The van der Waals surface area contributed by atoms with Crippen LogP contribution in [0, 0.1) is 23.2 Å². The van der Waals surface area contributed by atoms with E-state index < -0.39 is 0 Å². The van der Waals surface area contributed by atoms with E-state index in [9.17, 15) is 4.79 Å². The van der Waals surface area contributed by atoms with Crippen LogP contribution in [-0.4, -0.2) is 29.9 Å². The number of fused-ring (bicyclic) bond motifs is 1. The summed E-state index contributed by atoms with van der Waals surface area (Å²) in [5.41, 5.74) is 1.77. The van der Waals surface area contributed by atoms with Crippen LogP contribution in [0.25, 0.3) is 0 Å². The first-order valence-corrected chi connectivity index (χ1v) is 10.8. The Labute approximate surface area is 148 Å². The summed E-state index contributed by atoms with van der Waals surface area (Å²) in [7, 11) is 0. The molecule has 0 bridgehead atoms. The van der Waals surface area contributed by atoms with Gasteiger partial charge in [-0.25, -0.2) is 0 Å². The monoisotopic (exact) mass is 344 g/mol. The molecule has 1 saturated heterocycles. The summed E-state index contributed by atoms with van der Waals surface area (Å²) in [5, 5.41) is 7.85. The molecule has 1 aromatic rings. The summed E-state index contributed by atoms with van der Waals surface area (Å²) in [6.07, 6.45) is 9.03. The lowest BCUT2D eigenvalue weighted by Gasteiger charge is -2.30. The van der Waals surface area contributed by atoms with Crippen molar-refractivity contribution in [1.29, 1.82) is 0 Å². The number of thiophene rings is 1. The molecule has 4 heteroatoms. The van der Waals surface area contributed by atoms with E-state index in [1.54, 1.807) is 11.3 Å². The molecule has 3 nitrogen and oxygen atoms in total. The molecule has 3 saturated carbocycles. The summed E-state index contributed by atoms with van der Waals surface area (Å²) < 4.78 is 0. The highest BCUT2D eigenvalue weighted by Crippen LogP contribution is 2.60. The Bertz CT molecular complexity index is 595.